The number of nitrogens with zero attached hydrogens (tertiary/aromatic N) is 1. The number of hydrogen-bond acceptors (Lipinski definition) is 3. The highest BCUT2D eigenvalue weighted by molar-refractivity contribution is 7.07. The van der Waals surface area contributed by atoms with Crippen LogP contribution >= 0.6 is 11.3 Å². The number of nitrogens with one attached hydrogen (secondary N) is 1. The second kappa shape index (κ2) is 6.17. The van der Waals surface area contributed by atoms with Crippen LogP contribution in [0.15, 0.2) is 16.8 Å². The summed E-state index contributed by atoms with van der Waals surface area (Å²) < 4.78 is 0. The lowest BCUT2D eigenvalue weighted by Gasteiger charge is -2.51. The van der Waals surface area contributed by atoms with Gasteiger partial charge in [0.2, 0.25) is 0 Å². The highest BCUT2D eigenvalue weighted by atomic mass is 32.1. The summed E-state index contributed by atoms with van der Waals surface area (Å²) in [7, 11) is 0. The van der Waals surface area contributed by atoms with Crippen molar-refractivity contribution < 1.29 is 0 Å². The van der Waals surface area contributed by atoms with E-state index in [9.17, 15) is 0 Å². The third-order valence-corrected chi connectivity index (χ3v) is 6.04. The van der Waals surface area contributed by atoms with Crippen molar-refractivity contribution in [3.8, 4) is 0 Å². The van der Waals surface area contributed by atoms with Gasteiger partial charge in [-0.1, -0.05) is 19.3 Å². The number of piperazine rings is 1. The summed E-state index contributed by atoms with van der Waals surface area (Å²) in [5, 5.41) is 8.39. The van der Waals surface area contributed by atoms with Gasteiger partial charge in [0.25, 0.3) is 0 Å². The monoisotopic (exact) mass is 292 g/mol. The fourth-order valence-corrected chi connectivity index (χ4v) is 4.75. The zero-order valence-electron chi connectivity index (χ0n) is 12.9. The lowest BCUT2D eigenvalue weighted by molar-refractivity contribution is 0.0361. The van der Waals surface area contributed by atoms with Gasteiger partial charge < -0.3 is 5.32 Å². The SMILES string of the molecule is CC1CNC2(CCCCC2)CN1C(C)Cc1ccsc1. The molecule has 1 aliphatic carbocycles. The molecule has 2 atom stereocenters. The van der Waals surface area contributed by atoms with Crippen molar-refractivity contribution in [2.24, 2.45) is 0 Å². The minimum absolute atomic E-state index is 0.424. The van der Waals surface area contributed by atoms with E-state index in [1.54, 1.807) is 0 Å². The van der Waals surface area contributed by atoms with E-state index in [1.165, 1.54) is 50.6 Å². The molecule has 3 heteroatoms. The standard InChI is InChI=1S/C17H28N2S/c1-14(10-16-6-9-20-12-16)19-13-17(18-11-15(19)2)7-4-3-5-8-17/h6,9,12,14-15,18H,3-5,7-8,10-11,13H2,1-2H3. The van der Waals surface area contributed by atoms with Crippen molar-refractivity contribution >= 4 is 11.3 Å². The Labute approximate surface area is 127 Å². The molecule has 2 heterocycles. The van der Waals surface area contributed by atoms with Gasteiger partial charge in [-0.15, -0.1) is 0 Å². The Morgan fingerprint density at radius 2 is 2.20 bits per heavy atom. The fraction of sp³-hybridized carbons (Fsp3) is 0.765. The van der Waals surface area contributed by atoms with E-state index in [0.717, 1.165) is 6.54 Å². The van der Waals surface area contributed by atoms with Crippen molar-refractivity contribution in [2.75, 3.05) is 13.1 Å². The summed E-state index contributed by atoms with van der Waals surface area (Å²) >= 11 is 1.82. The van der Waals surface area contributed by atoms with Crippen LogP contribution in [0.4, 0.5) is 0 Å². The maximum absolute atomic E-state index is 3.89. The molecule has 2 fully saturated rings. The van der Waals surface area contributed by atoms with Crippen molar-refractivity contribution in [3.05, 3.63) is 22.4 Å². The van der Waals surface area contributed by atoms with Crippen LogP contribution in [0.5, 0.6) is 0 Å². The van der Waals surface area contributed by atoms with Crippen LogP contribution in [0.25, 0.3) is 0 Å². The van der Waals surface area contributed by atoms with Gasteiger partial charge in [0.15, 0.2) is 0 Å². The Bertz CT molecular complexity index is 409. The van der Waals surface area contributed by atoms with E-state index >= 15 is 0 Å². The van der Waals surface area contributed by atoms with Gasteiger partial charge in [0.1, 0.15) is 0 Å². The van der Waals surface area contributed by atoms with Crippen molar-refractivity contribution in [3.63, 3.8) is 0 Å². The van der Waals surface area contributed by atoms with Crippen LogP contribution in [-0.4, -0.2) is 35.6 Å². The van der Waals surface area contributed by atoms with E-state index in [1.807, 2.05) is 11.3 Å². The van der Waals surface area contributed by atoms with Crippen LogP contribution in [0.3, 0.4) is 0 Å². The average Bonchev–Trinajstić information content (AvgIpc) is 2.96. The second-order valence-electron chi connectivity index (χ2n) is 6.93. The molecular formula is C17H28N2S. The molecule has 1 aromatic heterocycles. The predicted octanol–water partition coefficient (Wildman–Crippen LogP) is 3.68. The molecule has 20 heavy (non-hydrogen) atoms. The van der Waals surface area contributed by atoms with Crippen LogP contribution in [-0.2, 0) is 6.42 Å². The second-order valence-corrected chi connectivity index (χ2v) is 7.71. The molecule has 1 aliphatic heterocycles. The van der Waals surface area contributed by atoms with E-state index in [4.69, 9.17) is 0 Å². The number of hydrogen-bond donors (Lipinski definition) is 1. The predicted molar refractivity (Wildman–Crippen MR) is 87.5 cm³/mol. The molecule has 1 aromatic rings. The third-order valence-electron chi connectivity index (χ3n) is 5.31. The summed E-state index contributed by atoms with van der Waals surface area (Å²) in [6.45, 7) is 7.20. The quantitative estimate of drug-likeness (QED) is 0.914. The molecule has 0 bridgehead atoms. The lowest BCUT2D eigenvalue weighted by Crippen LogP contribution is -2.65. The van der Waals surface area contributed by atoms with Crippen LogP contribution in [0, 0.1) is 0 Å². The van der Waals surface area contributed by atoms with E-state index < -0.39 is 0 Å². The van der Waals surface area contributed by atoms with Crippen LogP contribution < -0.4 is 5.32 Å². The molecule has 1 N–H and O–H groups in total. The number of thiophene rings is 1. The molecular weight excluding hydrogens is 264 g/mol. The smallest absolute Gasteiger partial charge is 0.0309 e. The van der Waals surface area contributed by atoms with Gasteiger partial charge in [0.05, 0.1) is 0 Å². The highest BCUT2D eigenvalue weighted by Gasteiger charge is 2.39. The number of rotatable bonds is 3. The Kier molecular flexibility index (Phi) is 4.49. The molecule has 0 aromatic carbocycles. The summed E-state index contributed by atoms with van der Waals surface area (Å²) in [5.74, 6) is 0. The molecule has 0 amide bonds. The van der Waals surface area contributed by atoms with Gasteiger partial charge in [-0.2, -0.15) is 11.3 Å². The Morgan fingerprint density at radius 3 is 2.90 bits per heavy atom. The van der Waals surface area contributed by atoms with Gasteiger partial charge >= 0.3 is 0 Å². The first-order valence-electron chi connectivity index (χ1n) is 8.20. The fourth-order valence-electron chi connectivity index (χ4n) is 4.06. The zero-order chi connectivity index (χ0) is 14.0. The first kappa shape index (κ1) is 14.6. The van der Waals surface area contributed by atoms with E-state index in [0.29, 0.717) is 17.6 Å². The molecule has 0 radical (unpaired) electrons. The van der Waals surface area contributed by atoms with Crippen LogP contribution in [0.2, 0.25) is 0 Å². The first-order chi connectivity index (χ1) is 9.69. The van der Waals surface area contributed by atoms with Crippen molar-refractivity contribution in [1.29, 1.82) is 0 Å². The molecule has 2 aliphatic rings. The molecule has 2 nitrogen and oxygen atoms in total. The minimum atomic E-state index is 0.424. The zero-order valence-corrected chi connectivity index (χ0v) is 13.7. The van der Waals surface area contributed by atoms with E-state index in [-0.39, 0.29) is 0 Å². The summed E-state index contributed by atoms with van der Waals surface area (Å²) in [6.07, 6.45) is 8.21. The topological polar surface area (TPSA) is 15.3 Å². The molecule has 2 unspecified atom stereocenters. The average molecular weight is 292 g/mol. The lowest BCUT2D eigenvalue weighted by atomic mass is 9.79. The minimum Gasteiger partial charge on any atom is -0.308 e. The van der Waals surface area contributed by atoms with Gasteiger partial charge in [0, 0.05) is 30.7 Å². The first-order valence-corrected chi connectivity index (χ1v) is 9.15. The maximum atomic E-state index is 3.89. The van der Waals surface area contributed by atoms with E-state index in [2.05, 4.69) is 40.9 Å². The molecule has 112 valence electrons. The Morgan fingerprint density at radius 1 is 1.40 bits per heavy atom. The summed E-state index contributed by atoms with van der Waals surface area (Å²) in [6, 6.07) is 3.60. The van der Waals surface area contributed by atoms with Crippen LogP contribution in [0.1, 0.15) is 51.5 Å². The summed E-state index contributed by atoms with van der Waals surface area (Å²) in [4.78, 5) is 2.76. The third kappa shape index (κ3) is 3.10. The summed E-state index contributed by atoms with van der Waals surface area (Å²) in [5.41, 5.74) is 1.93. The highest BCUT2D eigenvalue weighted by Crippen LogP contribution is 2.32. The molecule has 1 saturated heterocycles. The largest absolute Gasteiger partial charge is 0.308 e. The van der Waals surface area contributed by atoms with Crippen molar-refractivity contribution in [1.82, 2.24) is 10.2 Å². The van der Waals surface area contributed by atoms with Gasteiger partial charge in [-0.3, -0.25) is 4.90 Å². The normalized spacial score (nSPS) is 28.6. The molecule has 3 rings (SSSR count). The Balaban J connectivity index is 1.66. The molecule has 1 saturated carbocycles. The van der Waals surface area contributed by atoms with Gasteiger partial charge in [-0.25, -0.2) is 0 Å². The molecule has 1 spiro atoms. The van der Waals surface area contributed by atoms with Crippen molar-refractivity contribution in [2.45, 2.75) is 70.0 Å². The van der Waals surface area contributed by atoms with Gasteiger partial charge in [-0.05, 0) is 55.5 Å². The maximum Gasteiger partial charge on any atom is 0.0309 e. The Hall–Kier alpha value is -0.380.